The van der Waals surface area contributed by atoms with E-state index in [9.17, 15) is 18.0 Å². The van der Waals surface area contributed by atoms with E-state index in [1.807, 2.05) is 4.90 Å². The van der Waals surface area contributed by atoms with Crippen molar-refractivity contribution in [2.45, 2.75) is 31.2 Å². The van der Waals surface area contributed by atoms with Gasteiger partial charge in [0.25, 0.3) is 5.91 Å². The van der Waals surface area contributed by atoms with E-state index >= 15 is 0 Å². The van der Waals surface area contributed by atoms with Crippen LogP contribution in [0.3, 0.4) is 0 Å². The predicted octanol–water partition coefficient (Wildman–Crippen LogP) is 2.19. The Labute approximate surface area is 126 Å². The number of halogens is 3. The highest BCUT2D eigenvalue weighted by molar-refractivity contribution is 5.83. The molecule has 1 aromatic rings. The lowest BCUT2D eigenvalue weighted by molar-refractivity contribution is -0.137. The first kappa shape index (κ1) is 15.1. The fourth-order valence-corrected chi connectivity index (χ4v) is 2.65. The Hall–Kier alpha value is -1.76. The number of alkyl halides is 3. The molecular formula is C15H17F3N2O2. The SMILES string of the molecule is O=C(NC1CCN(c2cccc(C(F)(F)F)c2)CC1)C1CO1. The third-order valence-corrected chi connectivity index (χ3v) is 4.01. The minimum Gasteiger partial charge on any atom is -0.371 e. The number of benzene rings is 1. The highest BCUT2D eigenvalue weighted by atomic mass is 19.4. The first-order valence-electron chi connectivity index (χ1n) is 7.27. The second-order valence-corrected chi connectivity index (χ2v) is 5.64. The Morgan fingerprint density at radius 2 is 1.95 bits per heavy atom. The van der Waals surface area contributed by atoms with Gasteiger partial charge in [-0.05, 0) is 31.0 Å². The predicted molar refractivity (Wildman–Crippen MR) is 74.6 cm³/mol. The summed E-state index contributed by atoms with van der Waals surface area (Å²) < 4.78 is 43.2. The van der Waals surface area contributed by atoms with Gasteiger partial charge < -0.3 is 15.0 Å². The largest absolute Gasteiger partial charge is 0.416 e. The van der Waals surface area contributed by atoms with Crippen molar-refractivity contribution in [1.82, 2.24) is 5.32 Å². The lowest BCUT2D eigenvalue weighted by atomic mass is 10.0. The minimum absolute atomic E-state index is 0.0683. The van der Waals surface area contributed by atoms with E-state index in [-0.39, 0.29) is 18.1 Å². The number of nitrogens with one attached hydrogen (secondary N) is 1. The van der Waals surface area contributed by atoms with Gasteiger partial charge in [-0.2, -0.15) is 13.2 Å². The molecule has 0 aromatic heterocycles. The van der Waals surface area contributed by atoms with E-state index < -0.39 is 11.7 Å². The van der Waals surface area contributed by atoms with Crippen LogP contribution >= 0.6 is 0 Å². The van der Waals surface area contributed by atoms with Crippen LogP contribution in [0.4, 0.5) is 18.9 Å². The average Bonchev–Trinajstić information content (AvgIpc) is 3.32. The van der Waals surface area contributed by atoms with Gasteiger partial charge in [0, 0.05) is 24.8 Å². The molecule has 2 fully saturated rings. The molecule has 0 saturated carbocycles. The summed E-state index contributed by atoms with van der Waals surface area (Å²) >= 11 is 0. The molecule has 1 unspecified atom stereocenters. The van der Waals surface area contributed by atoms with Crippen LogP contribution in [0.25, 0.3) is 0 Å². The maximum Gasteiger partial charge on any atom is 0.416 e. The molecule has 3 rings (SSSR count). The Morgan fingerprint density at radius 3 is 2.55 bits per heavy atom. The second kappa shape index (κ2) is 5.79. The summed E-state index contributed by atoms with van der Waals surface area (Å²) in [7, 11) is 0. The molecule has 1 atom stereocenters. The maximum absolute atomic E-state index is 12.7. The molecule has 2 saturated heterocycles. The number of piperidine rings is 1. The van der Waals surface area contributed by atoms with E-state index in [1.165, 1.54) is 12.1 Å². The zero-order valence-corrected chi connectivity index (χ0v) is 11.9. The summed E-state index contributed by atoms with van der Waals surface area (Å²) in [4.78, 5) is 13.5. The molecule has 0 aliphatic carbocycles. The van der Waals surface area contributed by atoms with Gasteiger partial charge in [-0.25, -0.2) is 0 Å². The van der Waals surface area contributed by atoms with E-state index in [4.69, 9.17) is 4.74 Å². The lowest BCUT2D eigenvalue weighted by Gasteiger charge is -2.34. The number of amides is 1. The maximum atomic E-state index is 12.7. The van der Waals surface area contributed by atoms with Gasteiger partial charge in [-0.1, -0.05) is 6.07 Å². The van der Waals surface area contributed by atoms with Crippen LogP contribution in [0.5, 0.6) is 0 Å². The van der Waals surface area contributed by atoms with Crippen LogP contribution in [-0.2, 0) is 15.7 Å². The Balaban J connectivity index is 1.58. The number of carbonyl (C=O) groups excluding carboxylic acids is 1. The van der Waals surface area contributed by atoms with E-state index in [0.717, 1.165) is 6.07 Å². The molecule has 2 aliphatic rings. The monoisotopic (exact) mass is 314 g/mol. The number of hydrogen-bond acceptors (Lipinski definition) is 3. The molecular weight excluding hydrogens is 297 g/mol. The molecule has 0 bridgehead atoms. The third kappa shape index (κ3) is 3.52. The number of anilines is 1. The van der Waals surface area contributed by atoms with Crippen LogP contribution in [0.1, 0.15) is 18.4 Å². The van der Waals surface area contributed by atoms with Crippen molar-refractivity contribution in [1.29, 1.82) is 0 Å². The van der Waals surface area contributed by atoms with Crippen molar-refractivity contribution in [3.8, 4) is 0 Å². The molecule has 1 aromatic carbocycles. The van der Waals surface area contributed by atoms with Crippen LogP contribution in [0, 0.1) is 0 Å². The molecule has 120 valence electrons. The summed E-state index contributed by atoms with van der Waals surface area (Å²) in [6.45, 7) is 1.73. The summed E-state index contributed by atoms with van der Waals surface area (Å²) in [6, 6.07) is 5.44. The lowest BCUT2D eigenvalue weighted by Crippen LogP contribution is -2.46. The molecule has 1 N–H and O–H groups in total. The van der Waals surface area contributed by atoms with Crippen molar-refractivity contribution in [3.05, 3.63) is 29.8 Å². The Morgan fingerprint density at radius 1 is 1.27 bits per heavy atom. The minimum atomic E-state index is -4.33. The smallest absolute Gasteiger partial charge is 0.371 e. The van der Waals surface area contributed by atoms with Gasteiger partial charge in [0.2, 0.25) is 0 Å². The van der Waals surface area contributed by atoms with Crippen LogP contribution < -0.4 is 10.2 Å². The quantitative estimate of drug-likeness (QED) is 0.870. The van der Waals surface area contributed by atoms with Crippen molar-refractivity contribution in [3.63, 3.8) is 0 Å². The molecule has 0 radical (unpaired) electrons. The Kier molecular flexibility index (Phi) is 3.99. The van der Waals surface area contributed by atoms with E-state index in [0.29, 0.717) is 38.2 Å². The number of ether oxygens (including phenoxy) is 1. The summed E-state index contributed by atoms with van der Waals surface area (Å²) in [6.07, 6.45) is -3.20. The van der Waals surface area contributed by atoms with Crippen molar-refractivity contribution < 1.29 is 22.7 Å². The van der Waals surface area contributed by atoms with Gasteiger partial charge in [0.1, 0.15) is 0 Å². The van der Waals surface area contributed by atoms with Gasteiger partial charge in [0.15, 0.2) is 6.10 Å². The van der Waals surface area contributed by atoms with Crippen LogP contribution in [-0.4, -0.2) is 37.7 Å². The van der Waals surface area contributed by atoms with Gasteiger partial charge in [-0.3, -0.25) is 4.79 Å². The second-order valence-electron chi connectivity index (χ2n) is 5.64. The molecule has 4 nitrogen and oxygen atoms in total. The standard InChI is InChI=1S/C15H17F3N2O2/c16-15(17,18)10-2-1-3-12(8-10)20-6-4-11(5-7-20)19-14(21)13-9-22-13/h1-3,8,11,13H,4-7,9H2,(H,19,21). The Bertz CT molecular complexity index is 550. The van der Waals surface area contributed by atoms with Crippen molar-refractivity contribution >= 4 is 11.6 Å². The number of hydrogen-bond donors (Lipinski definition) is 1. The van der Waals surface area contributed by atoms with E-state index in [1.54, 1.807) is 6.07 Å². The van der Waals surface area contributed by atoms with Crippen molar-refractivity contribution in [2.75, 3.05) is 24.6 Å². The zero-order chi connectivity index (χ0) is 15.7. The number of carbonyl (C=O) groups is 1. The molecule has 0 spiro atoms. The molecule has 2 heterocycles. The summed E-state index contributed by atoms with van der Waals surface area (Å²) in [5.74, 6) is -0.0856. The molecule has 7 heteroatoms. The van der Waals surface area contributed by atoms with Gasteiger partial charge >= 0.3 is 6.18 Å². The molecule has 2 aliphatic heterocycles. The average molecular weight is 314 g/mol. The number of nitrogens with zero attached hydrogens (tertiary/aromatic N) is 1. The number of epoxide rings is 1. The highest BCUT2D eigenvalue weighted by Crippen LogP contribution is 2.32. The van der Waals surface area contributed by atoms with Crippen LogP contribution in [0.2, 0.25) is 0 Å². The third-order valence-electron chi connectivity index (χ3n) is 4.01. The normalized spacial score (nSPS) is 22.5. The zero-order valence-electron chi connectivity index (χ0n) is 11.9. The molecule has 22 heavy (non-hydrogen) atoms. The molecule has 1 amide bonds. The first-order valence-corrected chi connectivity index (χ1v) is 7.27. The van der Waals surface area contributed by atoms with Gasteiger partial charge in [-0.15, -0.1) is 0 Å². The topological polar surface area (TPSA) is 44.9 Å². The number of rotatable bonds is 3. The summed E-state index contributed by atoms with van der Waals surface area (Å²) in [5.41, 5.74) is -0.0589. The fraction of sp³-hybridized carbons (Fsp3) is 0.533. The fourth-order valence-electron chi connectivity index (χ4n) is 2.65. The van der Waals surface area contributed by atoms with E-state index in [2.05, 4.69) is 5.32 Å². The first-order chi connectivity index (χ1) is 10.4. The van der Waals surface area contributed by atoms with Crippen LogP contribution in [0.15, 0.2) is 24.3 Å². The van der Waals surface area contributed by atoms with Crippen molar-refractivity contribution in [2.24, 2.45) is 0 Å². The summed E-state index contributed by atoms with van der Waals surface area (Å²) in [5, 5.41) is 2.92. The van der Waals surface area contributed by atoms with Gasteiger partial charge in [0.05, 0.1) is 12.2 Å². The highest BCUT2D eigenvalue weighted by Gasteiger charge is 2.34.